The van der Waals surface area contributed by atoms with Crippen LogP contribution in [0.5, 0.6) is 0 Å². The SMILES string of the molecule is Cc1cc[nH]c1CC(C)C. The fourth-order valence-corrected chi connectivity index (χ4v) is 1.11. The minimum Gasteiger partial charge on any atom is -0.365 e. The van der Waals surface area contributed by atoms with Crippen LogP contribution in [0, 0.1) is 12.8 Å². The molecular weight excluding hydrogens is 122 g/mol. The van der Waals surface area contributed by atoms with Gasteiger partial charge in [-0.2, -0.15) is 0 Å². The molecule has 0 saturated carbocycles. The Kier molecular flexibility index (Phi) is 2.15. The number of aromatic nitrogens is 1. The van der Waals surface area contributed by atoms with E-state index in [1.807, 2.05) is 6.20 Å². The van der Waals surface area contributed by atoms with E-state index in [-0.39, 0.29) is 0 Å². The van der Waals surface area contributed by atoms with Gasteiger partial charge in [-0.05, 0) is 30.9 Å². The molecule has 0 saturated heterocycles. The fraction of sp³-hybridized carbons (Fsp3) is 0.556. The highest BCUT2D eigenvalue weighted by molar-refractivity contribution is 5.18. The van der Waals surface area contributed by atoms with E-state index in [0.717, 1.165) is 5.92 Å². The number of rotatable bonds is 2. The van der Waals surface area contributed by atoms with Crippen molar-refractivity contribution in [2.75, 3.05) is 0 Å². The lowest BCUT2D eigenvalue weighted by Gasteiger charge is -2.02. The Labute approximate surface area is 62.5 Å². The molecule has 0 unspecified atom stereocenters. The summed E-state index contributed by atoms with van der Waals surface area (Å²) in [5.41, 5.74) is 2.77. The average molecular weight is 137 g/mol. The summed E-state index contributed by atoms with van der Waals surface area (Å²) in [6.07, 6.45) is 3.17. The van der Waals surface area contributed by atoms with E-state index in [9.17, 15) is 0 Å². The molecule has 10 heavy (non-hydrogen) atoms. The third-order valence-electron chi connectivity index (χ3n) is 1.68. The summed E-state index contributed by atoms with van der Waals surface area (Å²) in [6, 6.07) is 2.12. The standard InChI is InChI=1S/C9H15N/c1-7(2)6-9-8(3)4-5-10-9/h4-5,7,10H,6H2,1-3H3. The quantitative estimate of drug-likeness (QED) is 0.644. The molecule has 0 fully saturated rings. The van der Waals surface area contributed by atoms with Gasteiger partial charge in [0.1, 0.15) is 0 Å². The van der Waals surface area contributed by atoms with Crippen LogP contribution in [0.15, 0.2) is 12.3 Å². The minimum atomic E-state index is 0.748. The van der Waals surface area contributed by atoms with Crippen LogP contribution in [-0.4, -0.2) is 4.98 Å². The van der Waals surface area contributed by atoms with Gasteiger partial charge in [0.2, 0.25) is 0 Å². The molecule has 56 valence electrons. The van der Waals surface area contributed by atoms with Crippen LogP contribution in [0.1, 0.15) is 25.1 Å². The second kappa shape index (κ2) is 2.91. The Hall–Kier alpha value is -0.720. The summed E-state index contributed by atoms with van der Waals surface area (Å²) in [5, 5.41) is 0. The largest absolute Gasteiger partial charge is 0.365 e. The van der Waals surface area contributed by atoms with Crippen LogP contribution in [0.2, 0.25) is 0 Å². The summed E-state index contributed by atoms with van der Waals surface area (Å²) >= 11 is 0. The monoisotopic (exact) mass is 137 g/mol. The minimum absolute atomic E-state index is 0.748. The van der Waals surface area contributed by atoms with Crippen molar-refractivity contribution in [3.63, 3.8) is 0 Å². The molecule has 0 bridgehead atoms. The first-order chi connectivity index (χ1) is 4.70. The van der Waals surface area contributed by atoms with Gasteiger partial charge in [-0.1, -0.05) is 13.8 Å². The highest BCUT2D eigenvalue weighted by Gasteiger charge is 2.00. The molecule has 1 heterocycles. The molecule has 0 aromatic carbocycles. The molecule has 1 rings (SSSR count). The lowest BCUT2D eigenvalue weighted by atomic mass is 10.1. The molecular formula is C9H15N. The Morgan fingerprint density at radius 1 is 1.50 bits per heavy atom. The zero-order valence-electron chi connectivity index (χ0n) is 6.94. The van der Waals surface area contributed by atoms with E-state index >= 15 is 0 Å². The zero-order chi connectivity index (χ0) is 7.56. The van der Waals surface area contributed by atoms with Crippen molar-refractivity contribution < 1.29 is 0 Å². The van der Waals surface area contributed by atoms with Gasteiger partial charge in [0.15, 0.2) is 0 Å². The molecule has 0 atom stereocenters. The van der Waals surface area contributed by atoms with Crippen molar-refractivity contribution in [3.8, 4) is 0 Å². The van der Waals surface area contributed by atoms with Crippen LogP contribution >= 0.6 is 0 Å². The second-order valence-electron chi connectivity index (χ2n) is 3.24. The summed E-state index contributed by atoms with van der Waals surface area (Å²) in [7, 11) is 0. The molecule has 1 heteroatoms. The van der Waals surface area contributed by atoms with Crippen molar-refractivity contribution in [1.29, 1.82) is 0 Å². The van der Waals surface area contributed by atoms with Gasteiger partial charge < -0.3 is 4.98 Å². The predicted molar refractivity (Wildman–Crippen MR) is 44.1 cm³/mol. The Bertz CT molecular complexity index is 198. The van der Waals surface area contributed by atoms with Gasteiger partial charge in [0.05, 0.1) is 0 Å². The van der Waals surface area contributed by atoms with E-state index in [2.05, 4.69) is 31.8 Å². The number of hydrogen-bond acceptors (Lipinski definition) is 0. The van der Waals surface area contributed by atoms with Crippen molar-refractivity contribution in [2.24, 2.45) is 5.92 Å². The molecule has 1 nitrogen and oxygen atoms in total. The second-order valence-corrected chi connectivity index (χ2v) is 3.24. The normalized spacial score (nSPS) is 10.8. The maximum absolute atomic E-state index is 3.24. The Morgan fingerprint density at radius 3 is 2.60 bits per heavy atom. The highest BCUT2D eigenvalue weighted by Crippen LogP contribution is 2.09. The van der Waals surface area contributed by atoms with Gasteiger partial charge in [0, 0.05) is 11.9 Å². The van der Waals surface area contributed by atoms with Gasteiger partial charge in [-0.25, -0.2) is 0 Å². The zero-order valence-corrected chi connectivity index (χ0v) is 6.94. The third kappa shape index (κ3) is 1.63. The lowest BCUT2D eigenvalue weighted by Crippen LogP contribution is -1.95. The van der Waals surface area contributed by atoms with Crippen LogP contribution < -0.4 is 0 Å². The van der Waals surface area contributed by atoms with Crippen LogP contribution in [0.4, 0.5) is 0 Å². The average Bonchev–Trinajstić information content (AvgIpc) is 2.15. The van der Waals surface area contributed by atoms with E-state index < -0.39 is 0 Å². The topological polar surface area (TPSA) is 15.8 Å². The first-order valence-electron chi connectivity index (χ1n) is 3.83. The number of H-pyrrole nitrogens is 1. The summed E-state index contributed by atoms with van der Waals surface area (Å²) in [4.78, 5) is 3.24. The first-order valence-corrected chi connectivity index (χ1v) is 3.83. The van der Waals surface area contributed by atoms with E-state index in [4.69, 9.17) is 0 Å². The molecule has 0 aliphatic heterocycles. The van der Waals surface area contributed by atoms with Crippen molar-refractivity contribution in [3.05, 3.63) is 23.5 Å². The van der Waals surface area contributed by atoms with Gasteiger partial charge in [-0.15, -0.1) is 0 Å². The van der Waals surface area contributed by atoms with Crippen molar-refractivity contribution in [1.82, 2.24) is 4.98 Å². The Morgan fingerprint density at radius 2 is 2.20 bits per heavy atom. The Balaban J connectivity index is 2.65. The maximum Gasteiger partial charge on any atom is 0.0179 e. The number of nitrogens with one attached hydrogen (secondary N) is 1. The van der Waals surface area contributed by atoms with Crippen LogP contribution in [0.25, 0.3) is 0 Å². The predicted octanol–water partition coefficient (Wildman–Crippen LogP) is 2.52. The maximum atomic E-state index is 3.24. The first kappa shape index (κ1) is 7.39. The molecule has 1 aromatic rings. The van der Waals surface area contributed by atoms with Crippen LogP contribution in [-0.2, 0) is 6.42 Å². The van der Waals surface area contributed by atoms with Crippen LogP contribution in [0.3, 0.4) is 0 Å². The third-order valence-corrected chi connectivity index (χ3v) is 1.68. The van der Waals surface area contributed by atoms with E-state index in [0.29, 0.717) is 0 Å². The highest BCUT2D eigenvalue weighted by atomic mass is 14.7. The molecule has 0 amide bonds. The molecule has 0 radical (unpaired) electrons. The summed E-state index contributed by atoms with van der Waals surface area (Å²) < 4.78 is 0. The van der Waals surface area contributed by atoms with Gasteiger partial charge >= 0.3 is 0 Å². The van der Waals surface area contributed by atoms with Gasteiger partial charge in [-0.3, -0.25) is 0 Å². The molecule has 1 aromatic heterocycles. The fourth-order valence-electron chi connectivity index (χ4n) is 1.11. The number of aromatic amines is 1. The summed E-state index contributed by atoms with van der Waals surface area (Å²) in [6.45, 7) is 6.62. The molecule has 1 N–H and O–H groups in total. The van der Waals surface area contributed by atoms with E-state index in [1.54, 1.807) is 0 Å². The van der Waals surface area contributed by atoms with Gasteiger partial charge in [0.25, 0.3) is 0 Å². The number of aryl methyl sites for hydroxylation is 1. The smallest absolute Gasteiger partial charge is 0.0179 e. The van der Waals surface area contributed by atoms with Crippen molar-refractivity contribution in [2.45, 2.75) is 27.2 Å². The van der Waals surface area contributed by atoms with E-state index in [1.165, 1.54) is 17.7 Å². The molecule has 0 spiro atoms. The molecule has 0 aliphatic rings. The molecule has 0 aliphatic carbocycles. The summed E-state index contributed by atoms with van der Waals surface area (Å²) in [5.74, 6) is 0.748. The lowest BCUT2D eigenvalue weighted by molar-refractivity contribution is 0.635. The van der Waals surface area contributed by atoms with Crippen molar-refractivity contribution >= 4 is 0 Å². The number of hydrogen-bond donors (Lipinski definition) is 1.